The first-order chi connectivity index (χ1) is 8.61. The molecule has 1 amide bonds. The van der Waals surface area contributed by atoms with E-state index in [1.54, 1.807) is 0 Å². The van der Waals surface area contributed by atoms with Crippen LogP contribution in [0.15, 0.2) is 24.4 Å². The zero-order valence-corrected chi connectivity index (χ0v) is 10.9. The topological polar surface area (TPSA) is 62.7 Å². The van der Waals surface area contributed by atoms with Crippen molar-refractivity contribution in [2.45, 2.75) is 33.2 Å². The third kappa shape index (κ3) is 2.45. The fourth-order valence-electron chi connectivity index (χ4n) is 1.82. The van der Waals surface area contributed by atoms with Crippen molar-refractivity contribution < 1.29 is 4.79 Å². The summed E-state index contributed by atoms with van der Waals surface area (Å²) in [7, 11) is 0. The molecule has 0 spiro atoms. The number of nitrogens with one attached hydrogen (secondary N) is 2. The van der Waals surface area contributed by atoms with Gasteiger partial charge in [0, 0.05) is 24.0 Å². The van der Waals surface area contributed by atoms with Crippen LogP contribution in [0.5, 0.6) is 0 Å². The number of hydrogen-bond acceptors (Lipinski definition) is 2. The fraction of sp³-hybridized carbons (Fsp3) is 0.385. The third-order valence-corrected chi connectivity index (χ3v) is 2.82. The Morgan fingerprint density at radius 2 is 2.33 bits per heavy atom. The highest BCUT2D eigenvalue weighted by Gasteiger charge is 2.13. The Labute approximate surface area is 106 Å². The molecule has 0 aromatic carbocycles. The minimum absolute atomic E-state index is 0.136. The summed E-state index contributed by atoms with van der Waals surface area (Å²) in [6, 6.07) is 5.78. The van der Waals surface area contributed by atoms with Crippen molar-refractivity contribution in [3.05, 3.63) is 35.8 Å². The summed E-state index contributed by atoms with van der Waals surface area (Å²) in [5.74, 6) is 0.427. The van der Waals surface area contributed by atoms with E-state index in [2.05, 4.69) is 15.5 Å². The molecule has 2 heterocycles. The average Bonchev–Trinajstić information content (AvgIpc) is 2.96. The molecule has 5 heteroatoms. The predicted octanol–water partition coefficient (Wildman–Crippen LogP) is 2.61. The van der Waals surface area contributed by atoms with E-state index in [-0.39, 0.29) is 11.9 Å². The van der Waals surface area contributed by atoms with E-state index in [0.29, 0.717) is 11.5 Å². The van der Waals surface area contributed by atoms with Crippen molar-refractivity contribution in [1.29, 1.82) is 0 Å². The van der Waals surface area contributed by atoms with Crippen LogP contribution in [-0.2, 0) is 6.42 Å². The number of hydrogen-bond donors (Lipinski definition) is 2. The van der Waals surface area contributed by atoms with Gasteiger partial charge in [-0.1, -0.05) is 6.92 Å². The van der Waals surface area contributed by atoms with Gasteiger partial charge < -0.3 is 9.88 Å². The number of aromatic nitrogens is 3. The molecule has 2 aromatic rings. The number of nitrogens with zero attached hydrogens (tertiary/aromatic N) is 2. The molecule has 0 fully saturated rings. The van der Waals surface area contributed by atoms with Crippen molar-refractivity contribution in [2.24, 2.45) is 0 Å². The minimum Gasteiger partial charge on any atom is -0.341 e. The summed E-state index contributed by atoms with van der Waals surface area (Å²) < 4.78 is 1.93. The summed E-state index contributed by atoms with van der Waals surface area (Å²) in [6.45, 7) is 6.12. The molecule has 0 aliphatic rings. The van der Waals surface area contributed by atoms with E-state index in [1.165, 1.54) is 0 Å². The molecule has 2 rings (SSSR count). The summed E-state index contributed by atoms with van der Waals surface area (Å²) in [4.78, 5) is 12.1. The molecule has 0 aliphatic carbocycles. The highest BCUT2D eigenvalue weighted by Crippen LogP contribution is 2.13. The summed E-state index contributed by atoms with van der Waals surface area (Å²) in [5, 5.41) is 9.71. The second-order valence-corrected chi connectivity index (χ2v) is 4.48. The second kappa shape index (κ2) is 5.08. The molecule has 0 atom stereocenters. The summed E-state index contributed by atoms with van der Waals surface area (Å²) in [5.41, 5.74) is 1.65. The lowest BCUT2D eigenvalue weighted by molar-refractivity contribution is 0.101. The van der Waals surface area contributed by atoms with Crippen LogP contribution in [0.1, 0.15) is 43.0 Å². The zero-order valence-electron chi connectivity index (χ0n) is 10.9. The molecular weight excluding hydrogens is 228 g/mol. The number of carbonyl (C=O) groups excluding carboxylic acids is 1. The van der Waals surface area contributed by atoms with Crippen LogP contribution in [0.4, 0.5) is 5.82 Å². The highest BCUT2D eigenvalue weighted by molar-refractivity contribution is 6.02. The standard InChI is InChI=1S/C13H18N4O/c1-4-10-8-12(16-15-10)14-13(18)11-6-5-7-17(11)9(2)3/h5-9H,4H2,1-3H3,(H2,14,15,16,18). The SMILES string of the molecule is CCc1cc(NC(=O)c2cccn2C(C)C)n[nH]1. The number of H-pyrrole nitrogens is 1. The minimum atomic E-state index is -0.136. The largest absolute Gasteiger partial charge is 0.341 e. The van der Waals surface area contributed by atoms with Crippen LogP contribution in [0, 0.1) is 0 Å². The van der Waals surface area contributed by atoms with Gasteiger partial charge >= 0.3 is 0 Å². The molecule has 0 aliphatic heterocycles. The monoisotopic (exact) mass is 246 g/mol. The Hall–Kier alpha value is -2.04. The number of anilines is 1. The number of aromatic amines is 1. The van der Waals surface area contributed by atoms with Gasteiger partial charge in [-0.15, -0.1) is 0 Å². The fourth-order valence-corrected chi connectivity index (χ4v) is 1.82. The predicted molar refractivity (Wildman–Crippen MR) is 70.7 cm³/mol. The van der Waals surface area contributed by atoms with Crippen molar-refractivity contribution in [3.8, 4) is 0 Å². The molecule has 0 saturated carbocycles. The van der Waals surface area contributed by atoms with Crippen molar-refractivity contribution in [1.82, 2.24) is 14.8 Å². The number of amides is 1. The maximum atomic E-state index is 12.1. The van der Waals surface area contributed by atoms with Gasteiger partial charge in [0.1, 0.15) is 5.69 Å². The lowest BCUT2D eigenvalue weighted by Gasteiger charge is -2.11. The lowest BCUT2D eigenvalue weighted by atomic mass is 10.3. The van der Waals surface area contributed by atoms with Crippen LogP contribution in [-0.4, -0.2) is 20.7 Å². The van der Waals surface area contributed by atoms with Crippen molar-refractivity contribution >= 4 is 11.7 Å². The molecular formula is C13H18N4O. The van der Waals surface area contributed by atoms with Gasteiger partial charge in [0.15, 0.2) is 5.82 Å². The molecule has 0 saturated heterocycles. The van der Waals surface area contributed by atoms with Gasteiger partial charge in [0.25, 0.3) is 5.91 Å². The maximum absolute atomic E-state index is 12.1. The molecule has 2 N–H and O–H groups in total. The molecule has 0 radical (unpaired) electrons. The Bertz CT molecular complexity index is 539. The van der Waals surface area contributed by atoms with Gasteiger partial charge in [-0.3, -0.25) is 9.89 Å². The van der Waals surface area contributed by atoms with Crippen molar-refractivity contribution in [3.63, 3.8) is 0 Å². The Balaban J connectivity index is 2.14. The van der Waals surface area contributed by atoms with Crippen LogP contribution in [0.25, 0.3) is 0 Å². The van der Waals surface area contributed by atoms with Gasteiger partial charge in [-0.25, -0.2) is 0 Å². The second-order valence-electron chi connectivity index (χ2n) is 4.48. The first-order valence-electron chi connectivity index (χ1n) is 6.14. The van der Waals surface area contributed by atoms with Gasteiger partial charge in [0.05, 0.1) is 0 Å². The Kier molecular flexibility index (Phi) is 3.50. The van der Waals surface area contributed by atoms with Crippen molar-refractivity contribution in [2.75, 3.05) is 5.32 Å². The van der Waals surface area contributed by atoms with Crippen LogP contribution in [0.2, 0.25) is 0 Å². The highest BCUT2D eigenvalue weighted by atomic mass is 16.2. The van der Waals surface area contributed by atoms with Crippen LogP contribution < -0.4 is 5.32 Å². The molecule has 18 heavy (non-hydrogen) atoms. The summed E-state index contributed by atoms with van der Waals surface area (Å²) in [6.07, 6.45) is 2.77. The lowest BCUT2D eigenvalue weighted by Crippen LogP contribution is -2.17. The van der Waals surface area contributed by atoms with Gasteiger partial charge in [-0.2, -0.15) is 5.10 Å². The smallest absolute Gasteiger partial charge is 0.273 e. The molecule has 2 aromatic heterocycles. The quantitative estimate of drug-likeness (QED) is 0.871. The third-order valence-electron chi connectivity index (χ3n) is 2.82. The average molecular weight is 246 g/mol. The normalized spacial score (nSPS) is 10.9. The van der Waals surface area contributed by atoms with E-state index >= 15 is 0 Å². The zero-order chi connectivity index (χ0) is 13.1. The number of rotatable bonds is 4. The van der Waals surface area contributed by atoms with E-state index < -0.39 is 0 Å². The van der Waals surface area contributed by atoms with E-state index in [9.17, 15) is 4.79 Å². The van der Waals surface area contributed by atoms with E-state index in [0.717, 1.165) is 12.1 Å². The molecule has 0 unspecified atom stereocenters. The van der Waals surface area contributed by atoms with Gasteiger partial charge in [-0.05, 0) is 32.4 Å². The maximum Gasteiger partial charge on any atom is 0.273 e. The van der Waals surface area contributed by atoms with Gasteiger partial charge in [0.2, 0.25) is 0 Å². The Morgan fingerprint density at radius 3 is 2.94 bits per heavy atom. The van der Waals surface area contributed by atoms with E-state index in [4.69, 9.17) is 0 Å². The van der Waals surface area contributed by atoms with E-state index in [1.807, 2.05) is 49.7 Å². The molecule has 5 nitrogen and oxygen atoms in total. The number of carbonyl (C=O) groups is 1. The van der Waals surface area contributed by atoms with Crippen LogP contribution in [0.3, 0.4) is 0 Å². The first-order valence-corrected chi connectivity index (χ1v) is 6.14. The molecule has 96 valence electrons. The number of aryl methyl sites for hydroxylation is 1. The molecule has 0 bridgehead atoms. The summed E-state index contributed by atoms with van der Waals surface area (Å²) >= 11 is 0. The van der Waals surface area contributed by atoms with Crippen LogP contribution >= 0.6 is 0 Å². The Morgan fingerprint density at radius 1 is 1.56 bits per heavy atom. The first kappa shape index (κ1) is 12.4.